The summed E-state index contributed by atoms with van der Waals surface area (Å²) in [4.78, 5) is 15.2. The highest BCUT2D eigenvalue weighted by Crippen LogP contribution is 2.58. The molecule has 174 valence electrons. The van der Waals surface area contributed by atoms with Gasteiger partial charge in [0.05, 0.1) is 6.73 Å². The van der Waals surface area contributed by atoms with Crippen molar-refractivity contribution >= 4 is 29.1 Å². The van der Waals surface area contributed by atoms with E-state index in [1.54, 1.807) is 0 Å². The standard InChI is InChI=1S/C26H34N2O3.ClH/c1-17(2)28-14-18(31-16-28)15-30-25-11-10-24(21-6-3-4-7-23(21)25)26(29)27-13-12-22-19-8-5-9-20(19)22;/h3-4,6-7,10-11,17-20,22H,5,8-9,12-16H2,1-2H3,(H,27,29);1H. The van der Waals surface area contributed by atoms with Gasteiger partial charge in [-0.25, -0.2) is 0 Å². The van der Waals surface area contributed by atoms with Gasteiger partial charge in [0, 0.05) is 30.1 Å². The third kappa shape index (κ3) is 4.75. The molecule has 6 heteroatoms. The van der Waals surface area contributed by atoms with Crippen LogP contribution in [0.2, 0.25) is 0 Å². The molecule has 3 atom stereocenters. The SMILES string of the molecule is CC(C)N1COC(COc2ccc(C(=O)NCCC3C4CCCC43)c3ccccc23)C1.Cl. The average Bonchev–Trinajstić information content (AvgIpc) is 3.16. The number of hydrogen-bond donors (Lipinski definition) is 1. The second-order valence-electron chi connectivity index (χ2n) is 9.72. The maximum Gasteiger partial charge on any atom is 0.251 e. The lowest BCUT2D eigenvalue weighted by Gasteiger charge is -2.18. The van der Waals surface area contributed by atoms with Gasteiger partial charge >= 0.3 is 0 Å². The predicted molar refractivity (Wildman–Crippen MR) is 130 cm³/mol. The quantitative estimate of drug-likeness (QED) is 0.613. The fourth-order valence-electron chi connectivity index (χ4n) is 5.65. The Bertz CT molecular complexity index is 940. The van der Waals surface area contributed by atoms with E-state index in [1.165, 1.54) is 19.3 Å². The molecule has 1 aliphatic heterocycles. The van der Waals surface area contributed by atoms with E-state index in [9.17, 15) is 4.79 Å². The van der Waals surface area contributed by atoms with Crippen LogP contribution in [0, 0.1) is 17.8 Å². The minimum atomic E-state index is 0. The summed E-state index contributed by atoms with van der Waals surface area (Å²) >= 11 is 0. The van der Waals surface area contributed by atoms with Crippen molar-refractivity contribution in [3.05, 3.63) is 42.0 Å². The van der Waals surface area contributed by atoms with Gasteiger partial charge in [0.25, 0.3) is 5.91 Å². The van der Waals surface area contributed by atoms with Gasteiger partial charge in [-0.1, -0.05) is 30.7 Å². The van der Waals surface area contributed by atoms with Gasteiger partial charge in [-0.05, 0) is 68.4 Å². The topological polar surface area (TPSA) is 50.8 Å². The lowest BCUT2D eigenvalue weighted by molar-refractivity contribution is 0.0554. The summed E-state index contributed by atoms with van der Waals surface area (Å²) in [6.07, 6.45) is 5.40. The predicted octanol–water partition coefficient (Wildman–Crippen LogP) is 4.87. The Hall–Kier alpha value is -1.82. The molecular weight excluding hydrogens is 424 g/mol. The number of carbonyl (C=O) groups excluding carboxylic acids is 1. The zero-order chi connectivity index (χ0) is 21.4. The van der Waals surface area contributed by atoms with Crippen molar-refractivity contribution in [2.45, 2.75) is 51.7 Å². The van der Waals surface area contributed by atoms with E-state index in [0.29, 0.717) is 19.4 Å². The van der Waals surface area contributed by atoms with Crippen molar-refractivity contribution in [1.82, 2.24) is 10.2 Å². The molecule has 3 unspecified atom stereocenters. The van der Waals surface area contributed by atoms with Crippen LogP contribution >= 0.6 is 12.4 Å². The van der Waals surface area contributed by atoms with Gasteiger partial charge in [-0.15, -0.1) is 12.4 Å². The summed E-state index contributed by atoms with van der Waals surface area (Å²) in [5, 5.41) is 5.08. The highest BCUT2D eigenvalue weighted by Gasteiger charge is 2.51. The van der Waals surface area contributed by atoms with Crippen LogP contribution in [0.3, 0.4) is 0 Å². The highest BCUT2D eigenvalue weighted by molar-refractivity contribution is 6.08. The molecule has 0 spiro atoms. The van der Waals surface area contributed by atoms with Crippen molar-refractivity contribution in [2.24, 2.45) is 17.8 Å². The van der Waals surface area contributed by atoms with E-state index in [-0.39, 0.29) is 24.4 Å². The van der Waals surface area contributed by atoms with E-state index >= 15 is 0 Å². The zero-order valence-corrected chi connectivity index (χ0v) is 19.9. The van der Waals surface area contributed by atoms with Gasteiger partial charge in [0.2, 0.25) is 0 Å². The summed E-state index contributed by atoms with van der Waals surface area (Å²) in [5.41, 5.74) is 0.724. The minimum Gasteiger partial charge on any atom is -0.490 e. The molecule has 2 aromatic carbocycles. The van der Waals surface area contributed by atoms with Crippen LogP contribution in [0.5, 0.6) is 5.75 Å². The fourth-order valence-corrected chi connectivity index (χ4v) is 5.65. The van der Waals surface area contributed by atoms with Crippen molar-refractivity contribution in [3.8, 4) is 5.75 Å². The van der Waals surface area contributed by atoms with Crippen LogP contribution in [0.15, 0.2) is 36.4 Å². The van der Waals surface area contributed by atoms with Gasteiger partial charge in [0.1, 0.15) is 18.5 Å². The van der Waals surface area contributed by atoms with E-state index in [1.807, 2.05) is 36.4 Å². The Morgan fingerprint density at radius 3 is 2.62 bits per heavy atom. The van der Waals surface area contributed by atoms with E-state index in [2.05, 4.69) is 24.1 Å². The van der Waals surface area contributed by atoms with Crippen LogP contribution in [-0.2, 0) is 4.74 Å². The van der Waals surface area contributed by atoms with Crippen molar-refractivity contribution in [3.63, 3.8) is 0 Å². The molecule has 3 aliphatic rings. The summed E-state index contributed by atoms with van der Waals surface area (Å²) in [7, 11) is 0. The fraction of sp³-hybridized carbons (Fsp3) is 0.577. The maximum atomic E-state index is 12.9. The number of amides is 1. The Morgan fingerprint density at radius 2 is 1.91 bits per heavy atom. The van der Waals surface area contributed by atoms with Crippen LogP contribution in [0.4, 0.5) is 0 Å². The average molecular weight is 459 g/mol. The largest absolute Gasteiger partial charge is 0.490 e. The normalized spacial score (nSPS) is 26.7. The Balaban J connectivity index is 0.00000245. The van der Waals surface area contributed by atoms with Crippen LogP contribution in [0.25, 0.3) is 10.8 Å². The summed E-state index contributed by atoms with van der Waals surface area (Å²) in [6.45, 7) is 7.20. The molecule has 2 saturated carbocycles. The van der Waals surface area contributed by atoms with E-state index in [0.717, 1.165) is 59.3 Å². The van der Waals surface area contributed by atoms with E-state index < -0.39 is 0 Å². The monoisotopic (exact) mass is 458 g/mol. The molecule has 3 fully saturated rings. The molecule has 0 bridgehead atoms. The number of carbonyl (C=O) groups is 1. The molecule has 2 aliphatic carbocycles. The lowest BCUT2D eigenvalue weighted by atomic mass is 10.0. The van der Waals surface area contributed by atoms with Gasteiger partial charge in [0.15, 0.2) is 0 Å². The second kappa shape index (κ2) is 9.98. The van der Waals surface area contributed by atoms with Gasteiger partial charge in [-0.3, -0.25) is 9.69 Å². The molecule has 5 rings (SSSR count). The zero-order valence-electron chi connectivity index (χ0n) is 19.1. The van der Waals surface area contributed by atoms with Crippen molar-refractivity contribution in [2.75, 3.05) is 26.4 Å². The van der Waals surface area contributed by atoms with Gasteiger partial charge < -0.3 is 14.8 Å². The number of fused-ring (bicyclic) bond motifs is 2. The molecule has 0 aromatic heterocycles. The number of benzene rings is 2. The summed E-state index contributed by atoms with van der Waals surface area (Å²) in [5.74, 6) is 3.58. The molecule has 1 amide bonds. The van der Waals surface area contributed by atoms with Crippen LogP contribution in [0.1, 0.15) is 49.9 Å². The van der Waals surface area contributed by atoms with Crippen molar-refractivity contribution < 1.29 is 14.3 Å². The summed E-state index contributed by atoms with van der Waals surface area (Å²) < 4.78 is 12.0. The number of hydrogen-bond acceptors (Lipinski definition) is 4. The summed E-state index contributed by atoms with van der Waals surface area (Å²) in [6, 6.07) is 12.3. The molecule has 1 N–H and O–H groups in total. The smallest absolute Gasteiger partial charge is 0.251 e. The number of halogens is 1. The first-order valence-corrected chi connectivity index (χ1v) is 11.9. The number of ether oxygens (including phenoxy) is 2. The first-order chi connectivity index (χ1) is 15.1. The highest BCUT2D eigenvalue weighted by atomic mass is 35.5. The van der Waals surface area contributed by atoms with Crippen LogP contribution < -0.4 is 10.1 Å². The van der Waals surface area contributed by atoms with Crippen LogP contribution in [-0.4, -0.2) is 49.4 Å². The minimum absolute atomic E-state index is 0. The molecule has 32 heavy (non-hydrogen) atoms. The van der Waals surface area contributed by atoms with E-state index in [4.69, 9.17) is 9.47 Å². The number of nitrogens with zero attached hydrogens (tertiary/aromatic N) is 1. The number of nitrogens with one attached hydrogen (secondary N) is 1. The molecular formula is C26H35ClN2O3. The Kier molecular flexibility index (Phi) is 7.28. The third-order valence-corrected chi connectivity index (χ3v) is 7.55. The van der Waals surface area contributed by atoms with Gasteiger partial charge in [-0.2, -0.15) is 0 Å². The maximum absolute atomic E-state index is 12.9. The number of rotatable bonds is 8. The molecule has 1 saturated heterocycles. The molecule has 1 heterocycles. The first-order valence-electron chi connectivity index (χ1n) is 11.9. The lowest BCUT2D eigenvalue weighted by Crippen LogP contribution is -2.30. The first kappa shape index (κ1) is 23.3. The second-order valence-corrected chi connectivity index (χ2v) is 9.72. The Morgan fingerprint density at radius 1 is 1.16 bits per heavy atom. The molecule has 2 aromatic rings. The van der Waals surface area contributed by atoms with Crippen molar-refractivity contribution in [1.29, 1.82) is 0 Å². The third-order valence-electron chi connectivity index (χ3n) is 7.55. The Labute approximate surface area is 197 Å². The molecule has 0 radical (unpaired) electrons. The molecule has 5 nitrogen and oxygen atoms in total.